The number of sulfonamides is 1. The van der Waals surface area contributed by atoms with E-state index < -0.39 is 15.8 Å². The molecule has 0 heterocycles. The summed E-state index contributed by atoms with van der Waals surface area (Å²) >= 11 is 0. The smallest absolute Gasteiger partial charge is 0.251 e. The van der Waals surface area contributed by atoms with Gasteiger partial charge in [-0.15, -0.1) is 0 Å². The Morgan fingerprint density at radius 3 is 2.22 bits per heavy atom. The number of nitrogens with zero attached hydrogens (tertiary/aromatic N) is 1. The molecule has 0 bridgehead atoms. The van der Waals surface area contributed by atoms with E-state index in [1.165, 1.54) is 28.6 Å². The normalized spacial score (nSPS) is 11.9. The van der Waals surface area contributed by atoms with Crippen LogP contribution < -0.4 is 9.62 Å². The number of rotatable bonds is 6. The van der Waals surface area contributed by atoms with Crippen molar-refractivity contribution < 1.29 is 17.6 Å². The minimum absolute atomic E-state index is 0.0961. The number of carbonyl (C=O) groups excluding carboxylic acids is 1. The molecule has 27 heavy (non-hydrogen) atoms. The van der Waals surface area contributed by atoms with E-state index in [0.29, 0.717) is 11.3 Å². The van der Waals surface area contributed by atoms with E-state index in [-0.39, 0.29) is 24.4 Å². The Morgan fingerprint density at radius 1 is 1.07 bits per heavy atom. The summed E-state index contributed by atoms with van der Waals surface area (Å²) in [5.74, 6) is -0.804. The van der Waals surface area contributed by atoms with Crippen LogP contribution in [0.3, 0.4) is 0 Å². The molecule has 146 valence electrons. The summed E-state index contributed by atoms with van der Waals surface area (Å²) in [7, 11) is -3.54. The van der Waals surface area contributed by atoms with Crippen molar-refractivity contribution in [1.82, 2.24) is 5.32 Å². The monoisotopic (exact) mass is 392 g/mol. The summed E-state index contributed by atoms with van der Waals surface area (Å²) in [6, 6.07) is 12.5. The zero-order chi connectivity index (χ0) is 20.2. The summed E-state index contributed by atoms with van der Waals surface area (Å²) < 4.78 is 39.0. The van der Waals surface area contributed by atoms with Gasteiger partial charge < -0.3 is 5.32 Å². The number of hydrogen-bond donors (Lipinski definition) is 1. The summed E-state index contributed by atoms with van der Waals surface area (Å²) in [6.45, 7) is 6.27. The van der Waals surface area contributed by atoms with Gasteiger partial charge in [-0.3, -0.25) is 9.10 Å². The highest BCUT2D eigenvalue weighted by Gasteiger charge is 2.25. The van der Waals surface area contributed by atoms with Crippen molar-refractivity contribution in [3.05, 3.63) is 65.5 Å². The molecule has 0 fully saturated rings. The molecule has 0 saturated heterocycles. The van der Waals surface area contributed by atoms with Gasteiger partial charge >= 0.3 is 0 Å². The lowest BCUT2D eigenvalue weighted by atomic mass is 9.86. The van der Waals surface area contributed by atoms with Gasteiger partial charge in [0.25, 0.3) is 5.91 Å². The molecule has 0 atom stereocenters. The summed E-state index contributed by atoms with van der Waals surface area (Å²) in [5, 5.41) is 2.68. The van der Waals surface area contributed by atoms with Crippen LogP contribution >= 0.6 is 0 Å². The van der Waals surface area contributed by atoms with E-state index in [1.54, 1.807) is 12.1 Å². The third-order valence-electron chi connectivity index (χ3n) is 4.09. The fourth-order valence-electron chi connectivity index (χ4n) is 2.76. The molecular formula is C20H25FN2O3S. The largest absolute Gasteiger partial charge is 0.350 e. The van der Waals surface area contributed by atoms with Crippen molar-refractivity contribution in [3.8, 4) is 0 Å². The Kier molecular flexibility index (Phi) is 6.26. The lowest BCUT2D eigenvalue weighted by Gasteiger charge is -2.30. The van der Waals surface area contributed by atoms with Crippen LogP contribution in [0, 0.1) is 5.82 Å². The Labute approximate surface area is 160 Å². The first kappa shape index (κ1) is 20.9. The van der Waals surface area contributed by atoms with Crippen molar-refractivity contribution >= 4 is 21.6 Å². The lowest BCUT2D eigenvalue weighted by Crippen LogP contribution is -2.39. The van der Waals surface area contributed by atoms with Crippen LogP contribution in [0.25, 0.3) is 0 Å². The summed E-state index contributed by atoms with van der Waals surface area (Å²) in [5.41, 5.74) is 1.58. The Balaban J connectivity index is 2.18. The number of para-hydroxylation sites is 1. The molecule has 0 spiro atoms. The number of carbonyl (C=O) groups is 1. The Hall–Kier alpha value is -2.41. The number of nitrogens with one attached hydrogen (secondary N) is 1. The molecule has 5 nitrogen and oxygen atoms in total. The number of benzene rings is 2. The maximum absolute atomic E-state index is 13.0. The second-order valence-electron chi connectivity index (χ2n) is 7.37. The highest BCUT2D eigenvalue weighted by atomic mass is 32.2. The van der Waals surface area contributed by atoms with Gasteiger partial charge in [-0.25, -0.2) is 12.8 Å². The van der Waals surface area contributed by atoms with Crippen LogP contribution in [0.5, 0.6) is 0 Å². The summed E-state index contributed by atoms with van der Waals surface area (Å²) in [6.07, 6.45) is 1.15. The van der Waals surface area contributed by atoms with Gasteiger partial charge in [-0.1, -0.05) is 39.0 Å². The zero-order valence-electron chi connectivity index (χ0n) is 16.0. The predicted molar refractivity (Wildman–Crippen MR) is 106 cm³/mol. The van der Waals surface area contributed by atoms with Crippen molar-refractivity contribution in [2.75, 3.05) is 23.7 Å². The standard InChI is InChI=1S/C20H25FN2O3S/c1-20(2,3)17-7-5-6-8-18(17)23(27(4,25)26)14-13-22-19(24)15-9-11-16(21)12-10-15/h5-12H,13-14H2,1-4H3,(H,22,24). The third-order valence-corrected chi connectivity index (χ3v) is 5.27. The molecule has 0 aliphatic heterocycles. The fraction of sp³-hybridized carbons (Fsp3) is 0.350. The average molecular weight is 392 g/mol. The zero-order valence-corrected chi connectivity index (χ0v) is 16.8. The SMILES string of the molecule is CC(C)(C)c1ccccc1N(CCNC(=O)c1ccc(F)cc1)S(C)(=O)=O. The molecule has 1 N–H and O–H groups in total. The number of amides is 1. The fourth-order valence-corrected chi connectivity index (χ4v) is 3.70. The highest BCUT2D eigenvalue weighted by molar-refractivity contribution is 7.92. The molecule has 0 aliphatic rings. The second kappa shape index (κ2) is 8.08. The van der Waals surface area contributed by atoms with Crippen LogP contribution in [-0.4, -0.2) is 33.7 Å². The topological polar surface area (TPSA) is 66.5 Å². The van der Waals surface area contributed by atoms with Crippen LogP contribution in [0.15, 0.2) is 48.5 Å². The Bertz CT molecular complexity index is 904. The maximum Gasteiger partial charge on any atom is 0.251 e. The van der Waals surface area contributed by atoms with Crippen molar-refractivity contribution in [2.45, 2.75) is 26.2 Å². The predicted octanol–water partition coefficient (Wildman–Crippen LogP) is 3.32. The quantitative estimate of drug-likeness (QED) is 0.820. The van der Waals surface area contributed by atoms with Crippen molar-refractivity contribution in [1.29, 1.82) is 0 Å². The van der Waals surface area contributed by atoms with Crippen molar-refractivity contribution in [3.63, 3.8) is 0 Å². The maximum atomic E-state index is 13.0. The van der Waals surface area contributed by atoms with Gasteiger partial charge in [-0.2, -0.15) is 0 Å². The third kappa shape index (κ3) is 5.53. The van der Waals surface area contributed by atoms with Crippen LogP contribution in [-0.2, 0) is 15.4 Å². The molecule has 0 aliphatic carbocycles. The van der Waals surface area contributed by atoms with Gasteiger partial charge in [0.15, 0.2) is 0 Å². The van der Waals surface area contributed by atoms with Gasteiger partial charge in [-0.05, 0) is 41.3 Å². The van der Waals surface area contributed by atoms with Gasteiger partial charge in [0, 0.05) is 12.1 Å². The van der Waals surface area contributed by atoms with Crippen LogP contribution in [0.2, 0.25) is 0 Å². The van der Waals surface area contributed by atoms with Gasteiger partial charge in [0.05, 0.1) is 18.5 Å². The molecular weight excluding hydrogens is 367 g/mol. The second-order valence-corrected chi connectivity index (χ2v) is 9.27. The first-order chi connectivity index (χ1) is 12.5. The number of halogens is 1. The molecule has 0 saturated carbocycles. The van der Waals surface area contributed by atoms with E-state index in [4.69, 9.17) is 0 Å². The molecule has 7 heteroatoms. The lowest BCUT2D eigenvalue weighted by molar-refractivity contribution is 0.0954. The first-order valence-electron chi connectivity index (χ1n) is 8.61. The highest BCUT2D eigenvalue weighted by Crippen LogP contribution is 2.32. The minimum atomic E-state index is -3.54. The number of anilines is 1. The minimum Gasteiger partial charge on any atom is -0.350 e. The van der Waals surface area contributed by atoms with E-state index in [0.717, 1.165) is 11.8 Å². The molecule has 2 aromatic carbocycles. The van der Waals surface area contributed by atoms with Gasteiger partial charge in [0.2, 0.25) is 10.0 Å². The van der Waals surface area contributed by atoms with Crippen LogP contribution in [0.1, 0.15) is 36.7 Å². The molecule has 1 amide bonds. The molecule has 2 aromatic rings. The van der Waals surface area contributed by atoms with Crippen molar-refractivity contribution in [2.24, 2.45) is 0 Å². The van der Waals surface area contributed by atoms with E-state index in [2.05, 4.69) is 5.32 Å². The van der Waals surface area contributed by atoms with E-state index in [1.807, 2.05) is 32.9 Å². The summed E-state index contributed by atoms with van der Waals surface area (Å²) in [4.78, 5) is 12.1. The molecule has 0 aromatic heterocycles. The van der Waals surface area contributed by atoms with Gasteiger partial charge in [0.1, 0.15) is 5.82 Å². The number of hydrogen-bond acceptors (Lipinski definition) is 3. The average Bonchev–Trinajstić information content (AvgIpc) is 2.57. The molecule has 2 rings (SSSR count). The molecule has 0 radical (unpaired) electrons. The molecule has 0 unspecified atom stereocenters. The van der Waals surface area contributed by atoms with E-state index >= 15 is 0 Å². The van der Waals surface area contributed by atoms with Crippen LogP contribution in [0.4, 0.5) is 10.1 Å². The Morgan fingerprint density at radius 2 is 1.67 bits per heavy atom. The first-order valence-corrected chi connectivity index (χ1v) is 10.5. The van der Waals surface area contributed by atoms with E-state index in [9.17, 15) is 17.6 Å².